The van der Waals surface area contributed by atoms with Crippen LogP contribution in [-0.2, 0) is 17.3 Å². The monoisotopic (exact) mass is 657 g/mol. The molecule has 0 fully saturated rings. The first-order chi connectivity index (χ1) is 23.9. The van der Waals surface area contributed by atoms with E-state index in [1.807, 2.05) is 36.4 Å². The minimum absolute atomic E-state index is 0.0376. The molecule has 250 valence electrons. The summed E-state index contributed by atoms with van der Waals surface area (Å²) in [5.41, 5.74) is 10.3. The molecule has 50 heavy (non-hydrogen) atoms. The first-order valence-electron chi connectivity index (χ1n) is 17.5. The molecule has 1 aromatic heterocycles. The highest BCUT2D eigenvalue weighted by Crippen LogP contribution is 2.47. The summed E-state index contributed by atoms with van der Waals surface area (Å²) in [5, 5.41) is 11.3. The fourth-order valence-electron chi connectivity index (χ4n) is 7.38. The molecule has 0 amide bonds. The molecule has 5 aromatic carbocycles. The van der Waals surface area contributed by atoms with E-state index in [0.29, 0.717) is 17.1 Å². The Morgan fingerprint density at radius 1 is 0.700 bits per heavy atom. The normalized spacial score (nSPS) is 17.1. The standard InChI is InChI=1S/C45H43N3O2/c1-44(2,3)31-25-32(45(4,5)6)27-33(26-31)48-38-24-29-13-7-8-17-35(29)36-18-9-10-19-37(36)42(38)47-43(48)30-15-11-16-34(23-30)50-40-22-21-28-14-12-20-39(49)41(28)46-40/h7-23,25-27,38,42,49H,24H2,1-6H3/t38-,42-/m0/s1. The summed E-state index contributed by atoms with van der Waals surface area (Å²) in [6.45, 7) is 13.7. The van der Waals surface area contributed by atoms with Crippen LogP contribution < -0.4 is 9.64 Å². The molecule has 6 aromatic rings. The lowest BCUT2D eigenvalue weighted by Crippen LogP contribution is -2.39. The van der Waals surface area contributed by atoms with E-state index in [0.717, 1.165) is 28.9 Å². The molecule has 0 radical (unpaired) electrons. The second-order valence-electron chi connectivity index (χ2n) is 15.7. The zero-order chi connectivity index (χ0) is 34.8. The number of anilines is 1. The van der Waals surface area contributed by atoms with Gasteiger partial charge in [-0.25, -0.2) is 4.98 Å². The fraction of sp³-hybridized carbons (Fsp3) is 0.244. The Morgan fingerprint density at radius 3 is 2.16 bits per heavy atom. The van der Waals surface area contributed by atoms with Crippen molar-refractivity contribution in [2.24, 2.45) is 4.99 Å². The molecular formula is C45H43N3O2. The molecule has 0 spiro atoms. The molecule has 5 nitrogen and oxygen atoms in total. The lowest BCUT2D eigenvalue weighted by atomic mass is 9.80. The Balaban J connectivity index is 1.29. The van der Waals surface area contributed by atoms with Gasteiger partial charge in [0.2, 0.25) is 5.88 Å². The van der Waals surface area contributed by atoms with E-state index in [4.69, 9.17) is 9.73 Å². The number of ether oxygens (including phenoxy) is 1. The van der Waals surface area contributed by atoms with E-state index in [9.17, 15) is 5.11 Å². The van der Waals surface area contributed by atoms with Crippen LogP contribution in [0.15, 0.2) is 126 Å². The van der Waals surface area contributed by atoms with Gasteiger partial charge < -0.3 is 14.7 Å². The van der Waals surface area contributed by atoms with E-state index in [1.54, 1.807) is 6.07 Å². The van der Waals surface area contributed by atoms with Gasteiger partial charge in [0.1, 0.15) is 22.9 Å². The van der Waals surface area contributed by atoms with Crippen LogP contribution >= 0.6 is 0 Å². The van der Waals surface area contributed by atoms with E-state index in [2.05, 4.69) is 130 Å². The van der Waals surface area contributed by atoms with Crippen LogP contribution in [0.3, 0.4) is 0 Å². The molecule has 2 aliphatic rings. The van der Waals surface area contributed by atoms with Gasteiger partial charge in [-0.3, -0.25) is 4.99 Å². The summed E-state index contributed by atoms with van der Waals surface area (Å²) < 4.78 is 6.36. The van der Waals surface area contributed by atoms with Crippen LogP contribution in [0.1, 0.15) is 75.4 Å². The van der Waals surface area contributed by atoms with Crippen molar-refractivity contribution in [3.63, 3.8) is 0 Å². The molecule has 1 aliphatic heterocycles. The highest BCUT2D eigenvalue weighted by molar-refractivity contribution is 6.12. The third kappa shape index (κ3) is 5.71. The number of phenols is 1. The Labute approximate surface area is 294 Å². The molecule has 2 heterocycles. The number of aromatic hydroxyl groups is 1. The zero-order valence-electron chi connectivity index (χ0n) is 29.6. The van der Waals surface area contributed by atoms with Gasteiger partial charge in [0.05, 0.1) is 12.1 Å². The summed E-state index contributed by atoms with van der Waals surface area (Å²) in [6, 6.07) is 42.0. The smallest absolute Gasteiger partial charge is 0.219 e. The maximum atomic E-state index is 10.4. The molecule has 0 saturated carbocycles. The number of aliphatic imine (C=N–C) groups is 1. The van der Waals surface area contributed by atoms with Crippen molar-refractivity contribution in [1.82, 2.24) is 4.98 Å². The number of hydrogen-bond donors (Lipinski definition) is 1. The second kappa shape index (κ2) is 11.9. The molecular weight excluding hydrogens is 615 g/mol. The third-order valence-corrected chi connectivity index (χ3v) is 10.1. The lowest BCUT2D eigenvalue weighted by Gasteiger charge is -2.34. The van der Waals surface area contributed by atoms with Crippen LogP contribution in [-0.4, -0.2) is 22.0 Å². The molecule has 1 aliphatic carbocycles. The number of para-hydroxylation sites is 1. The van der Waals surface area contributed by atoms with Crippen molar-refractivity contribution >= 4 is 22.4 Å². The largest absolute Gasteiger partial charge is 0.506 e. The highest BCUT2D eigenvalue weighted by atomic mass is 16.5. The zero-order valence-corrected chi connectivity index (χ0v) is 29.6. The van der Waals surface area contributed by atoms with Gasteiger partial charge in [0, 0.05) is 22.7 Å². The number of rotatable bonds is 4. The first kappa shape index (κ1) is 31.8. The highest BCUT2D eigenvalue weighted by Gasteiger charge is 2.42. The van der Waals surface area contributed by atoms with Gasteiger partial charge in [-0.1, -0.05) is 120 Å². The molecule has 1 N–H and O–H groups in total. The van der Waals surface area contributed by atoms with Crippen molar-refractivity contribution in [1.29, 1.82) is 0 Å². The topological polar surface area (TPSA) is 58.0 Å². The molecule has 8 rings (SSSR count). The minimum atomic E-state index is -0.0697. The van der Waals surface area contributed by atoms with Crippen molar-refractivity contribution in [2.75, 3.05) is 4.90 Å². The van der Waals surface area contributed by atoms with Crippen LogP contribution in [0.25, 0.3) is 22.0 Å². The van der Waals surface area contributed by atoms with Gasteiger partial charge in [-0.2, -0.15) is 0 Å². The molecule has 2 atom stereocenters. The van der Waals surface area contributed by atoms with Gasteiger partial charge in [-0.05, 0) is 87.0 Å². The minimum Gasteiger partial charge on any atom is -0.506 e. The average Bonchev–Trinajstić information content (AvgIpc) is 3.40. The molecule has 5 heteroatoms. The van der Waals surface area contributed by atoms with E-state index >= 15 is 0 Å². The van der Waals surface area contributed by atoms with Crippen LogP contribution in [0.5, 0.6) is 17.4 Å². The Kier molecular flexibility index (Phi) is 7.56. The number of pyridine rings is 1. The van der Waals surface area contributed by atoms with E-state index in [1.165, 1.54) is 33.4 Å². The van der Waals surface area contributed by atoms with E-state index in [-0.39, 0.29) is 28.7 Å². The van der Waals surface area contributed by atoms with Gasteiger partial charge in [-0.15, -0.1) is 0 Å². The number of fused-ring (bicyclic) bond motifs is 6. The summed E-state index contributed by atoms with van der Waals surface area (Å²) in [5.74, 6) is 2.13. The molecule has 0 unspecified atom stereocenters. The third-order valence-electron chi connectivity index (χ3n) is 10.1. The molecule has 0 bridgehead atoms. The predicted octanol–water partition coefficient (Wildman–Crippen LogP) is 10.9. The fourth-order valence-corrected chi connectivity index (χ4v) is 7.38. The number of phenolic OH excluding ortho intramolecular Hbond substituents is 1. The van der Waals surface area contributed by atoms with Crippen molar-refractivity contribution in [3.8, 4) is 28.5 Å². The van der Waals surface area contributed by atoms with Gasteiger partial charge in [0.25, 0.3) is 0 Å². The van der Waals surface area contributed by atoms with Crippen molar-refractivity contribution in [2.45, 2.75) is 70.9 Å². The number of hydrogen-bond acceptors (Lipinski definition) is 5. The lowest BCUT2D eigenvalue weighted by molar-refractivity contribution is 0.460. The Hall–Kier alpha value is -5.42. The number of benzene rings is 5. The second-order valence-corrected chi connectivity index (χ2v) is 15.7. The SMILES string of the molecule is CC(C)(C)c1cc(N2C(c3cccc(Oc4ccc5cccc(O)c5n4)c3)=N[C@H]3c4ccccc4-c4ccccc4C[C@@H]32)cc(C(C)(C)C)c1. The van der Waals surface area contributed by atoms with Crippen LogP contribution in [0.4, 0.5) is 5.69 Å². The van der Waals surface area contributed by atoms with Gasteiger partial charge in [0.15, 0.2) is 0 Å². The first-order valence-corrected chi connectivity index (χ1v) is 17.5. The Morgan fingerprint density at radius 2 is 1.40 bits per heavy atom. The summed E-state index contributed by atoms with van der Waals surface area (Å²) in [7, 11) is 0. The summed E-state index contributed by atoms with van der Waals surface area (Å²) >= 11 is 0. The Bertz CT molecular complexity index is 2260. The van der Waals surface area contributed by atoms with Gasteiger partial charge >= 0.3 is 0 Å². The average molecular weight is 658 g/mol. The van der Waals surface area contributed by atoms with Crippen molar-refractivity contribution < 1.29 is 9.84 Å². The number of amidine groups is 1. The predicted molar refractivity (Wildman–Crippen MR) is 205 cm³/mol. The summed E-state index contributed by atoms with van der Waals surface area (Å²) in [6.07, 6.45) is 0.855. The number of nitrogens with zero attached hydrogens (tertiary/aromatic N) is 3. The quantitative estimate of drug-likeness (QED) is 0.205. The number of aromatic nitrogens is 1. The van der Waals surface area contributed by atoms with Crippen molar-refractivity contribution in [3.05, 3.63) is 149 Å². The van der Waals surface area contributed by atoms with Crippen LogP contribution in [0.2, 0.25) is 0 Å². The van der Waals surface area contributed by atoms with Crippen LogP contribution in [0, 0.1) is 0 Å². The van der Waals surface area contributed by atoms with E-state index < -0.39 is 0 Å². The maximum absolute atomic E-state index is 10.4. The maximum Gasteiger partial charge on any atom is 0.219 e. The summed E-state index contributed by atoms with van der Waals surface area (Å²) in [4.78, 5) is 12.8. The molecule has 0 saturated heterocycles.